The number of benzene rings is 2. The van der Waals surface area contributed by atoms with Crippen molar-refractivity contribution < 1.29 is 18.3 Å². The van der Waals surface area contributed by atoms with Gasteiger partial charge < -0.3 is 9.47 Å². The van der Waals surface area contributed by atoms with Crippen LogP contribution in [0.2, 0.25) is 0 Å². The van der Waals surface area contributed by atoms with E-state index in [9.17, 15) is 8.78 Å². The van der Waals surface area contributed by atoms with Crippen molar-refractivity contribution in [3.05, 3.63) is 59.2 Å². The van der Waals surface area contributed by atoms with E-state index in [1.165, 1.54) is 44.6 Å². The third-order valence-corrected chi connectivity index (χ3v) is 3.44. The maximum Gasteiger partial charge on any atom is 0.165 e. The van der Waals surface area contributed by atoms with E-state index < -0.39 is 17.0 Å². The molecule has 0 aliphatic rings. The number of hydrogen-bond acceptors (Lipinski definition) is 2. The second kappa shape index (κ2) is 6.09. The lowest BCUT2D eigenvalue weighted by Crippen LogP contribution is -1.98. The molecule has 20 heavy (non-hydrogen) atoms. The highest BCUT2D eigenvalue weighted by molar-refractivity contribution is 6.22. The van der Waals surface area contributed by atoms with Crippen LogP contribution in [0.15, 0.2) is 36.4 Å². The van der Waals surface area contributed by atoms with Gasteiger partial charge in [0, 0.05) is 0 Å². The summed E-state index contributed by atoms with van der Waals surface area (Å²) in [6, 6.07) is 8.76. The second-order valence-electron chi connectivity index (χ2n) is 4.15. The summed E-state index contributed by atoms with van der Waals surface area (Å²) in [6.45, 7) is 0. The molecule has 0 heterocycles. The first-order valence-electron chi connectivity index (χ1n) is 5.87. The zero-order chi connectivity index (χ0) is 14.7. The van der Waals surface area contributed by atoms with Crippen LogP contribution in [0.5, 0.6) is 11.5 Å². The van der Waals surface area contributed by atoms with Gasteiger partial charge in [0.05, 0.1) is 19.6 Å². The van der Waals surface area contributed by atoms with Crippen LogP contribution in [-0.2, 0) is 0 Å². The minimum atomic E-state index is -0.607. The normalized spacial score (nSPS) is 12.1. The molecule has 0 aromatic heterocycles. The molecule has 2 aromatic carbocycles. The molecule has 106 valence electrons. The molecule has 2 aromatic rings. The van der Waals surface area contributed by atoms with Crippen molar-refractivity contribution in [3.8, 4) is 11.5 Å². The van der Waals surface area contributed by atoms with E-state index in [1.54, 1.807) is 6.07 Å². The third kappa shape index (κ3) is 2.85. The van der Waals surface area contributed by atoms with E-state index in [0.717, 1.165) is 0 Å². The second-order valence-corrected chi connectivity index (χ2v) is 4.59. The van der Waals surface area contributed by atoms with Crippen LogP contribution in [0.4, 0.5) is 8.78 Å². The zero-order valence-electron chi connectivity index (χ0n) is 11.0. The molecule has 5 heteroatoms. The van der Waals surface area contributed by atoms with E-state index in [-0.39, 0.29) is 11.5 Å². The standard InChI is InChI=1S/C15H13ClF2O2/c1-19-13-6-4-9(7-12(13)18)15(16)10-3-5-11(17)14(8-10)20-2/h3-8,15H,1-2H3. The van der Waals surface area contributed by atoms with Gasteiger partial charge in [-0.2, -0.15) is 0 Å². The maximum absolute atomic E-state index is 13.7. The largest absolute Gasteiger partial charge is 0.494 e. The molecule has 0 aliphatic carbocycles. The molecule has 0 aliphatic heterocycles. The zero-order valence-corrected chi connectivity index (χ0v) is 11.7. The van der Waals surface area contributed by atoms with Crippen LogP contribution in [0.3, 0.4) is 0 Å². The average Bonchev–Trinajstić information content (AvgIpc) is 2.47. The quantitative estimate of drug-likeness (QED) is 0.783. The van der Waals surface area contributed by atoms with Crippen LogP contribution >= 0.6 is 11.6 Å². The molecule has 0 amide bonds. The first-order valence-corrected chi connectivity index (χ1v) is 6.31. The lowest BCUT2D eigenvalue weighted by atomic mass is 10.0. The highest BCUT2D eigenvalue weighted by Gasteiger charge is 2.15. The SMILES string of the molecule is COc1ccc(C(Cl)c2ccc(F)c(OC)c2)cc1F. The molecule has 0 fully saturated rings. The van der Waals surface area contributed by atoms with Gasteiger partial charge in [0.2, 0.25) is 0 Å². The van der Waals surface area contributed by atoms with E-state index >= 15 is 0 Å². The lowest BCUT2D eigenvalue weighted by molar-refractivity contribution is 0.385. The Morgan fingerprint density at radius 3 is 2.05 bits per heavy atom. The van der Waals surface area contributed by atoms with Crippen LogP contribution < -0.4 is 9.47 Å². The Bertz CT molecular complexity index is 617. The van der Waals surface area contributed by atoms with Crippen molar-refractivity contribution in [1.29, 1.82) is 0 Å². The summed E-state index contributed by atoms with van der Waals surface area (Å²) >= 11 is 6.29. The monoisotopic (exact) mass is 298 g/mol. The van der Waals surface area contributed by atoms with Crippen LogP contribution in [0.1, 0.15) is 16.5 Å². The number of ether oxygens (including phenoxy) is 2. The number of halogens is 3. The summed E-state index contributed by atoms with van der Waals surface area (Å²) in [7, 11) is 2.76. The highest BCUT2D eigenvalue weighted by Crippen LogP contribution is 2.33. The van der Waals surface area contributed by atoms with E-state index in [4.69, 9.17) is 21.1 Å². The number of rotatable bonds is 4. The third-order valence-electron chi connectivity index (χ3n) is 2.94. The topological polar surface area (TPSA) is 18.5 Å². The molecule has 2 rings (SSSR count). The predicted molar refractivity (Wildman–Crippen MR) is 73.6 cm³/mol. The van der Waals surface area contributed by atoms with Crippen LogP contribution in [0.25, 0.3) is 0 Å². The minimum Gasteiger partial charge on any atom is -0.494 e. The number of hydrogen-bond donors (Lipinski definition) is 0. The summed E-state index contributed by atoms with van der Waals surface area (Å²) in [4.78, 5) is 0. The van der Waals surface area contributed by atoms with Crippen molar-refractivity contribution in [2.24, 2.45) is 0 Å². The van der Waals surface area contributed by atoms with Gasteiger partial charge in [0.15, 0.2) is 23.1 Å². The Labute approximate surface area is 120 Å². The summed E-state index contributed by atoms with van der Waals surface area (Å²) in [5, 5.41) is -0.607. The summed E-state index contributed by atoms with van der Waals surface area (Å²) < 4.78 is 36.8. The van der Waals surface area contributed by atoms with Crippen molar-refractivity contribution in [1.82, 2.24) is 0 Å². The van der Waals surface area contributed by atoms with Gasteiger partial charge in [-0.3, -0.25) is 0 Å². The number of methoxy groups -OCH3 is 2. The lowest BCUT2D eigenvalue weighted by Gasteiger charge is -2.13. The smallest absolute Gasteiger partial charge is 0.165 e. The average molecular weight is 299 g/mol. The van der Waals surface area contributed by atoms with Gasteiger partial charge in [-0.15, -0.1) is 11.6 Å². The molecular formula is C15H13ClF2O2. The Hall–Kier alpha value is -1.81. The number of alkyl halides is 1. The maximum atomic E-state index is 13.7. The Kier molecular flexibility index (Phi) is 4.45. The fourth-order valence-corrected chi connectivity index (χ4v) is 2.14. The molecular weight excluding hydrogens is 286 g/mol. The van der Waals surface area contributed by atoms with Gasteiger partial charge in [0.1, 0.15) is 0 Å². The summed E-state index contributed by atoms with van der Waals surface area (Å²) in [6.07, 6.45) is 0. The van der Waals surface area contributed by atoms with E-state index in [1.807, 2.05) is 0 Å². The minimum absolute atomic E-state index is 0.0992. The van der Waals surface area contributed by atoms with Crippen LogP contribution in [0, 0.1) is 11.6 Å². The van der Waals surface area contributed by atoms with Crippen molar-refractivity contribution >= 4 is 11.6 Å². The van der Waals surface area contributed by atoms with Crippen molar-refractivity contribution in [3.63, 3.8) is 0 Å². The van der Waals surface area contributed by atoms with Gasteiger partial charge in [-0.05, 0) is 35.4 Å². The molecule has 1 atom stereocenters. The molecule has 0 saturated carbocycles. The molecule has 0 bridgehead atoms. The first kappa shape index (κ1) is 14.6. The molecule has 1 unspecified atom stereocenters. The Morgan fingerprint density at radius 1 is 0.850 bits per heavy atom. The van der Waals surface area contributed by atoms with Gasteiger partial charge in [-0.25, -0.2) is 8.78 Å². The fourth-order valence-electron chi connectivity index (χ4n) is 1.87. The van der Waals surface area contributed by atoms with Gasteiger partial charge in [0.25, 0.3) is 0 Å². The van der Waals surface area contributed by atoms with Crippen molar-refractivity contribution in [2.75, 3.05) is 14.2 Å². The Morgan fingerprint density at radius 2 is 1.45 bits per heavy atom. The van der Waals surface area contributed by atoms with Crippen molar-refractivity contribution in [2.45, 2.75) is 5.38 Å². The molecule has 0 radical (unpaired) electrons. The highest BCUT2D eigenvalue weighted by atomic mass is 35.5. The predicted octanol–water partition coefficient (Wildman–Crippen LogP) is 4.31. The van der Waals surface area contributed by atoms with E-state index in [0.29, 0.717) is 11.1 Å². The molecule has 0 N–H and O–H groups in total. The summed E-state index contributed by atoms with van der Waals surface area (Å²) in [5.74, 6) is -0.720. The Balaban J connectivity index is 2.35. The fraction of sp³-hybridized carbons (Fsp3) is 0.200. The van der Waals surface area contributed by atoms with E-state index in [2.05, 4.69) is 0 Å². The molecule has 0 spiro atoms. The summed E-state index contributed by atoms with van der Waals surface area (Å²) in [5.41, 5.74) is 1.17. The van der Waals surface area contributed by atoms with Crippen LogP contribution in [-0.4, -0.2) is 14.2 Å². The first-order chi connectivity index (χ1) is 9.56. The molecule has 2 nitrogen and oxygen atoms in total. The molecule has 0 saturated heterocycles. The van der Waals surface area contributed by atoms with Gasteiger partial charge in [-0.1, -0.05) is 12.1 Å². The van der Waals surface area contributed by atoms with Gasteiger partial charge >= 0.3 is 0 Å².